The molecule has 0 saturated heterocycles. The fourth-order valence-electron chi connectivity index (χ4n) is 2.44. The third-order valence-corrected chi connectivity index (χ3v) is 8.59. The molecule has 0 atom stereocenters. The minimum atomic E-state index is -2.54. The molecule has 0 aromatic carbocycles. The minimum absolute atomic E-state index is 0.697. The lowest BCUT2D eigenvalue weighted by Gasteiger charge is -2.38. The summed E-state index contributed by atoms with van der Waals surface area (Å²) < 4.78 is 13.6. The Bertz CT molecular complexity index is 398. The molecule has 1 rings (SSSR count). The van der Waals surface area contributed by atoms with Crippen LogP contribution in [0.15, 0.2) is 11.6 Å². The Kier molecular flexibility index (Phi) is 6.67. The number of aromatic nitrogens is 1. The van der Waals surface area contributed by atoms with Crippen molar-refractivity contribution in [1.82, 2.24) is 4.98 Å². The summed E-state index contributed by atoms with van der Waals surface area (Å²) in [6.07, 6.45) is 10.8. The van der Waals surface area contributed by atoms with Gasteiger partial charge in [-0.1, -0.05) is 48.6 Å². The normalized spacial score (nSPS) is 14.2. The van der Waals surface area contributed by atoms with Crippen LogP contribution in [0.3, 0.4) is 0 Å². The molecule has 0 unspecified atom stereocenters. The van der Waals surface area contributed by atoms with Gasteiger partial charge in [0.15, 0.2) is 0 Å². The molecule has 4 heteroatoms. The van der Waals surface area contributed by atoms with Crippen LogP contribution >= 0.6 is 11.3 Å². The summed E-state index contributed by atoms with van der Waals surface area (Å²) in [7, 11) is -2.54. The van der Waals surface area contributed by atoms with Crippen molar-refractivity contribution in [3.8, 4) is 0 Å². The average molecular weight is 304 g/mol. The van der Waals surface area contributed by atoms with E-state index in [1.54, 1.807) is 11.3 Å². The van der Waals surface area contributed by atoms with Gasteiger partial charge >= 0.3 is 0 Å². The van der Waals surface area contributed by atoms with E-state index < -0.39 is 9.07 Å². The van der Waals surface area contributed by atoms with Crippen molar-refractivity contribution >= 4 is 20.4 Å². The van der Waals surface area contributed by atoms with Gasteiger partial charge in [-0.25, -0.2) is 4.98 Å². The fraction of sp³-hybridized carbons (Fsp3) is 0.800. The van der Waals surface area contributed by atoms with Gasteiger partial charge in [0.1, 0.15) is 5.01 Å². The topological polar surface area (TPSA) is 30.0 Å². The highest BCUT2D eigenvalue weighted by atomic mass is 32.3. The molecule has 0 aliphatic heterocycles. The molecular weight excluding hydrogens is 274 g/mol. The van der Waals surface area contributed by atoms with Gasteiger partial charge in [0, 0.05) is 23.1 Å². The standard InChI is InChI=1S/C15H29NOS2/c1-4-6-8-12-19(3,17,13-9-7-5-2)14-15-16-10-11-18-15/h10-11H,4-9,12-14H2,1-3H3. The van der Waals surface area contributed by atoms with Crippen molar-refractivity contribution in [3.05, 3.63) is 16.6 Å². The van der Waals surface area contributed by atoms with Crippen molar-refractivity contribution in [2.45, 2.75) is 58.1 Å². The van der Waals surface area contributed by atoms with Gasteiger partial charge < -0.3 is 0 Å². The van der Waals surface area contributed by atoms with Crippen molar-refractivity contribution < 1.29 is 4.21 Å². The minimum Gasteiger partial charge on any atom is -0.282 e. The van der Waals surface area contributed by atoms with E-state index in [1.807, 2.05) is 17.8 Å². The van der Waals surface area contributed by atoms with E-state index >= 15 is 0 Å². The maximum absolute atomic E-state index is 13.6. The molecule has 0 fully saturated rings. The van der Waals surface area contributed by atoms with Gasteiger partial charge in [-0.05, 0) is 19.1 Å². The first kappa shape index (κ1) is 16.8. The highest BCUT2D eigenvalue weighted by Crippen LogP contribution is 2.31. The maximum Gasteiger partial charge on any atom is 0.103 e. The molecule has 112 valence electrons. The van der Waals surface area contributed by atoms with Crippen LogP contribution < -0.4 is 0 Å². The second-order valence-corrected chi connectivity index (χ2v) is 12.0. The second-order valence-electron chi connectivity index (χ2n) is 5.89. The smallest absolute Gasteiger partial charge is 0.103 e. The third-order valence-electron chi connectivity index (χ3n) is 3.66. The summed E-state index contributed by atoms with van der Waals surface area (Å²) in [5.41, 5.74) is 0. The number of thiazole rings is 1. The van der Waals surface area contributed by atoms with E-state index in [0.29, 0.717) is 5.75 Å². The zero-order valence-electron chi connectivity index (χ0n) is 12.7. The highest BCUT2D eigenvalue weighted by Gasteiger charge is 2.31. The number of nitrogens with zero attached hydrogens (tertiary/aromatic N) is 1. The molecule has 1 aromatic rings. The first-order chi connectivity index (χ1) is 8.98. The lowest BCUT2D eigenvalue weighted by atomic mass is 10.3. The molecule has 1 heterocycles. The van der Waals surface area contributed by atoms with E-state index in [-0.39, 0.29) is 0 Å². The molecule has 0 amide bonds. The van der Waals surface area contributed by atoms with E-state index in [2.05, 4.69) is 18.8 Å². The molecule has 0 aliphatic rings. The highest BCUT2D eigenvalue weighted by molar-refractivity contribution is 8.18. The summed E-state index contributed by atoms with van der Waals surface area (Å²) in [5.74, 6) is 2.46. The Balaban J connectivity index is 2.72. The van der Waals surface area contributed by atoms with Crippen molar-refractivity contribution in [1.29, 1.82) is 0 Å². The quantitative estimate of drug-likeness (QED) is 0.597. The molecule has 0 aliphatic carbocycles. The molecular formula is C15H29NOS2. The Labute approximate surface area is 122 Å². The molecule has 0 N–H and O–H groups in total. The molecule has 0 bridgehead atoms. The lowest BCUT2D eigenvalue weighted by molar-refractivity contribution is 0.642. The lowest BCUT2D eigenvalue weighted by Crippen LogP contribution is -2.40. The predicted molar refractivity (Wildman–Crippen MR) is 88.7 cm³/mol. The van der Waals surface area contributed by atoms with E-state index in [1.165, 1.54) is 25.7 Å². The number of hydrogen-bond acceptors (Lipinski definition) is 3. The van der Waals surface area contributed by atoms with Gasteiger partial charge in [0.2, 0.25) is 0 Å². The van der Waals surface area contributed by atoms with E-state index in [9.17, 15) is 4.21 Å². The fourth-order valence-corrected chi connectivity index (χ4v) is 7.41. The Hall–Kier alpha value is -0.220. The van der Waals surface area contributed by atoms with Crippen molar-refractivity contribution in [2.24, 2.45) is 0 Å². The Morgan fingerprint density at radius 1 is 1.11 bits per heavy atom. The molecule has 2 nitrogen and oxygen atoms in total. The monoisotopic (exact) mass is 303 g/mol. The summed E-state index contributed by atoms with van der Waals surface area (Å²) >= 11 is 1.64. The molecule has 0 radical (unpaired) electrons. The van der Waals surface area contributed by atoms with Crippen LogP contribution in [-0.4, -0.2) is 27.0 Å². The van der Waals surface area contributed by atoms with Crippen LogP contribution in [0.2, 0.25) is 0 Å². The maximum atomic E-state index is 13.6. The van der Waals surface area contributed by atoms with Gasteiger partial charge in [-0.2, -0.15) is 0 Å². The van der Waals surface area contributed by atoms with Crippen molar-refractivity contribution in [2.75, 3.05) is 17.8 Å². The molecule has 0 saturated carbocycles. The van der Waals surface area contributed by atoms with Crippen molar-refractivity contribution in [3.63, 3.8) is 0 Å². The van der Waals surface area contributed by atoms with Crippen LogP contribution in [0.4, 0.5) is 0 Å². The Morgan fingerprint density at radius 3 is 2.11 bits per heavy atom. The van der Waals surface area contributed by atoms with Crippen LogP contribution in [0.1, 0.15) is 57.4 Å². The van der Waals surface area contributed by atoms with Gasteiger partial charge in [-0.15, -0.1) is 11.3 Å². The average Bonchev–Trinajstić information content (AvgIpc) is 2.82. The van der Waals surface area contributed by atoms with E-state index in [0.717, 1.165) is 29.4 Å². The zero-order chi connectivity index (χ0) is 14.2. The number of hydrogen-bond donors (Lipinski definition) is 0. The summed E-state index contributed by atoms with van der Waals surface area (Å²) in [4.78, 5) is 4.35. The van der Waals surface area contributed by atoms with Crippen LogP contribution in [0.5, 0.6) is 0 Å². The third kappa shape index (κ3) is 6.17. The number of unbranched alkanes of at least 4 members (excludes halogenated alkanes) is 4. The Morgan fingerprint density at radius 2 is 1.68 bits per heavy atom. The van der Waals surface area contributed by atoms with E-state index in [4.69, 9.17) is 0 Å². The number of rotatable bonds is 10. The molecule has 1 aromatic heterocycles. The summed E-state index contributed by atoms with van der Waals surface area (Å²) in [5, 5.41) is 3.04. The second kappa shape index (κ2) is 7.53. The summed E-state index contributed by atoms with van der Waals surface area (Å²) in [6, 6.07) is 0. The van der Waals surface area contributed by atoms with Crippen LogP contribution in [-0.2, 0) is 14.8 Å². The molecule has 19 heavy (non-hydrogen) atoms. The van der Waals surface area contributed by atoms with Crippen LogP contribution in [0, 0.1) is 0 Å². The van der Waals surface area contributed by atoms with Gasteiger partial charge in [0.05, 0.1) is 5.75 Å². The molecule has 0 spiro atoms. The first-order valence-corrected chi connectivity index (χ1v) is 11.2. The SMILES string of the molecule is CCCCCS(C)(=O)(CCCCC)Cc1nccs1. The predicted octanol–water partition coefficient (Wildman–Crippen LogP) is 4.47. The van der Waals surface area contributed by atoms with Gasteiger partial charge in [0.25, 0.3) is 0 Å². The van der Waals surface area contributed by atoms with Gasteiger partial charge in [-0.3, -0.25) is 4.21 Å². The summed E-state index contributed by atoms with van der Waals surface area (Å²) in [6.45, 7) is 4.40. The zero-order valence-corrected chi connectivity index (χ0v) is 14.3. The first-order valence-electron chi connectivity index (χ1n) is 7.46. The largest absolute Gasteiger partial charge is 0.282 e. The van der Waals surface area contributed by atoms with Crippen LogP contribution in [0.25, 0.3) is 0 Å².